The molecule has 0 bridgehead atoms. The highest BCUT2D eigenvalue weighted by Crippen LogP contribution is 2.33. The molecule has 4 nitrogen and oxygen atoms in total. The Hall–Kier alpha value is -2.83. The average molecular weight is 378 g/mol. The van der Waals surface area contributed by atoms with E-state index in [-0.39, 0.29) is 17.9 Å². The second-order valence-corrected chi connectivity index (χ2v) is 6.32. The molecule has 2 amide bonds. The minimum atomic E-state index is -4.63. The lowest BCUT2D eigenvalue weighted by Gasteiger charge is -2.24. The molecule has 0 aromatic heterocycles. The zero-order valence-corrected chi connectivity index (χ0v) is 15.0. The molecule has 144 valence electrons. The third-order valence-electron chi connectivity index (χ3n) is 4.01. The van der Waals surface area contributed by atoms with Crippen LogP contribution in [0.3, 0.4) is 0 Å². The van der Waals surface area contributed by atoms with Gasteiger partial charge in [-0.2, -0.15) is 13.2 Å². The van der Waals surface area contributed by atoms with Gasteiger partial charge in [-0.05, 0) is 18.1 Å². The summed E-state index contributed by atoms with van der Waals surface area (Å²) >= 11 is 0. The van der Waals surface area contributed by atoms with Crippen LogP contribution in [0.2, 0.25) is 0 Å². The van der Waals surface area contributed by atoms with Crippen molar-refractivity contribution in [2.45, 2.75) is 38.5 Å². The van der Waals surface area contributed by atoms with Gasteiger partial charge in [0, 0.05) is 6.92 Å². The minimum absolute atomic E-state index is 0.0511. The summed E-state index contributed by atoms with van der Waals surface area (Å²) in [5, 5.41) is 4.66. The van der Waals surface area contributed by atoms with Crippen LogP contribution in [0, 0.1) is 6.92 Å². The number of aryl methyl sites for hydroxylation is 1. The fraction of sp³-hybridized carbons (Fsp3) is 0.300. The molecule has 0 radical (unpaired) electrons. The quantitative estimate of drug-likeness (QED) is 0.799. The number of benzene rings is 2. The lowest BCUT2D eigenvalue weighted by molar-refractivity contribution is -0.163. The van der Waals surface area contributed by atoms with Crippen LogP contribution in [0.15, 0.2) is 54.6 Å². The number of hydrogen-bond donors (Lipinski definition) is 2. The van der Waals surface area contributed by atoms with Crippen LogP contribution < -0.4 is 10.6 Å². The molecule has 0 spiro atoms. The van der Waals surface area contributed by atoms with Gasteiger partial charge >= 0.3 is 6.18 Å². The van der Waals surface area contributed by atoms with E-state index in [0.717, 1.165) is 5.56 Å². The topological polar surface area (TPSA) is 58.2 Å². The van der Waals surface area contributed by atoms with Gasteiger partial charge in [0.25, 0.3) is 0 Å². The first-order valence-corrected chi connectivity index (χ1v) is 8.41. The van der Waals surface area contributed by atoms with Gasteiger partial charge in [-0.25, -0.2) is 0 Å². The van der Waals surface area contributed by atoms with E-state index in [9.17, 15) is 22.8 Å². The van der Waals surface area contributed by atoms with Gasteiger partial charge in [-0.15, -0.1) is 0 Å². The molecule has 27 heavy (non-hydrogen) atoms. The molecule has 0 saturated heterocycles. The van der Waals surface area contributed by atoms with E-state index in [1.807, 2.05) is 24.4 Å². The van der Waals surface area contributed by atoms with Crippen molar-refractivity contribution in [1.29, 1.82) is 0 Å². The first kappa shape index (κ1) is 20.5. The number of carbonyl (C=O) groups excluding carboxylic acids is 2. The zero-order valence-electron chi connectivity index (χ0n) is 15.0. The van der Waals surface area contributed by atoms with Crippen LogP contribution in [-0.2, 0) is 9.59 Å². The third-order valence-corrected chi connectivity index (χ3v) is 4.01. The summed E-state index contributed by atoms with van der Waals surface area (Å²) in [6.07, 6.45) is -4.94. The predicted molar refractivity (Wildman–Crippen MR) is 95.7 cm³/mol. The summed E-state index contributed by atoms with van der Waals surface area (Å²) < 4.78 is 40.2. The Kier molecular flexibility index (Phi) is 6.60. The first-order valence-electron chi connectivity index (χ1n) is 8.41. The highest BCUT2D eigenvalue weighted by Gasteiger charge is 2.42. The largest absolute Gasteiger partial charge is 0.412 e. The van der Waals surface area contributed by atoms with Crippen molar-refractivity contribution in [2.75, 3.05) is 0 Å². The van der Waals surface area contributed by atoms with Crippen LogP contribution in [0.1, 0.15) is 42.1 Å². The third kappa shape index (κ3) is 6.13. The Labute approximate surface area is 155 Å². The molecular weight excluding hydrogens is 357 g/mol. The van der Waals surface area contributed by atoms with Crippen molar-refractivity contribution in [1.82, 2.24) is 10.6 Å². The maximum Gasteiger partial charge on any atom is 0.412 e. The highest BCUT2D eigenvalue weighted by molar-refractivity contribution is 5.79. The van der Waals surface area contributed by atoms with Crippen molar-refractivity contribution in [2.24, 2.45) is 0 Å². The first-order chi connectivity index (χ1) is 12.7. The number of amides is 2. The maximum atomic E-state index is 13.4. The molecule has 0 heterocycles. The summed E-state index contributed by atoms with van der Waals surface area (Å²) in [7, 11) is 0. The molecule has 2 atom stereocenters. The normalized spacial score (nSPS) is 13.5. The summed E-state index contributed by atoms with van der Waals surface area (Å²) in [5.41, 5.74) is 1.59. The minimum Gasteiger partial charge on any atom is -0.349 e. The van der Waals surface area contributed by atoms with E-state index >= 15 is 0 Å². The second kappa shape index (κ2) is 8.70. The standard InChI is InChI=1S/C20H21F3N2O2/c1-13-8-10-15(11-9-13)17(24-14(2)26)12-18(27)25-19(20(21,22)23)16-6-4-3-5-7-16/h3-11,17,19H,12H2,1-2H3,(H,24,26)(H,25,27). The Morgan fingerprint density at radius 3 is 2.04 bits per heavy atom. The Bertz CT molecular complexity index is 774. The summed E-state index contributed by atoms with van der Waals surface area (Å²) in [6, 6.07) is 11.4. The predicted octanol–water partition coefficient (Wildman–Crippen LogP) is 3.98. The lowest BCUT2D eigenvalue weighted by atomic mass is 10.0. The van der Waals surface area contributed by atoms with Crippen LogP contribution >= 0.6 is 0 Å². The molecule has 2 aromatic carbocycles. The van der Waals surface area contributed by atoms with Crippen LogP contribution in [-0.4, -0.2) is 18.0 Å². The Morgan fingerprint density at radius 2 is 1.52 bits per heavy atom. The number of alkyl halides is 3. The van der Waals surface area contributed by atoms with E-state index < -0.39 is 24.2 Å². The van der Waals surface area contributed by atoms with Gasteiger partial charge in [0.2, 0.25) is 11.8 Å². The number of halogens is 3. The molecule has 0 aliphatic heterocycles. The van der Waals surface area contributed by atoms with Gasteiger partial charge in [0.05, 0.1) is 12.5 Å². The van der Waals surface area contributed by atoms with Crippen molar-refractivity contribution >= 4 is 11.8 Å². The van der Waals surface area contributed by atoms with Gasteiger partial charge in [0.1, 0.15) is 0 Å². The summed E-state index contributed by atoms with van der Waals surface area (Å²) in [6.45, 7) is 3.18. The summed E-state index contributed by atoms with van der Waals surface area (Å²) in [4.78, 5) is 23.8. The fourth-order valence-electron chi connectivity index (χ4n) is 2.70. The monoisotopic (exact) mass is 378 g/mol. The number of rotatable bonds is 6. The van der Waals surface area contributed by atoms with Gasteiger partial charge in [-0.3, -0.25) is 9.59 Å². The molecule has 2 aromatic rings. The molecule has 2 unspecified atom stereocenters. The molecule has 2 N–H and O–H groups in total. The molecular formula is C20H21F3N2O2. The van der Waals surface area contributed by atoms with Gasteiger partial charge < -0.3 is 10.6 Å². The van der Waals surface area contributed by atoms with E-state index in [0.29, 0.717) is 5.56 Å². The van der Waals surface area contributed by atoms with Crippen molar-refractivity contribution < 1.29 is 22.8 Å². The van der Waals surface area contributed by atoms with Crippen molar-refractivity contribution in [3.05, 3.63) is 71.3 Å². The van der Waals surface area contributed by atoms with E-state index in [1.54, 1.807) is 18.2 Å². The van der Waals surface area contributed by atoms with Gasteiger partial charge in [0.15, 0.2) is 6.04 Å². The lowest BCUT2D eigenvalue weighted by Crippen LogP contribution is -2.40. The van der Waals surface area contributed by atoms with E-state index in [1.165, 1.54) is 31.2 Å². The molecule has 0 aliphatic carbocycles. The number of hydrogen-bond acceptors (Lipinski definition) is 2. The fourth-order valence-corrected chi connectivity index (χ4v) is 2.70. The molecule has 7 heteroatoms. The second-order valence-electron chi connectivity index (χ2n) is 6.32. The molecule has 0 fully saturated rings. The summed E-state index contributed by atoms with van der Waals surface area (Å²) in [5.74, 6) is -1.18. The smallest absolute Gasteiger partial charge is 0.349 e. The molecule has 0 saturated carbocycles. The van der Waals surface area contributed by atoms with E-state index in [2.05, 4.69) is 5.32 Å². The van der Waals surface area contributed by atoms with Crippen LogP contribution in [0.25, 0.3) is 0 Å². The zero-order chi connectivity index (χ0) is 20.0. The average Bonchev–Trinajstić information content (AvgIpc) is 2.59. The molecule has 2 rings (SSSR count). The highest BCUT2D eigenvalue weighted by atomic mass is 19.4. The SMILES string of the molecule is CC(=O)NC(CC(=O)NC(c1ccccc1)C(F)(F)F)c1ccc(C)cc1. The maximum absolute atomic E-state index is 13.4. The van der Waals surface area contributed by atoms with Crippen LogP contribution in [0.4, 0.5) is 13.2 Å². The van der Waals surface area contributed by atoms with Crippen molar-refractivity contribution in [3.8, 4) is 0 Å². The van der Waals surface area contributed by atoms with E-state index in [4.69, 9.17) is 0 Å². The number of carbonyl (C=O) groups is 2. The number of nitrogens with one attached hydrogen (secondary N) is 2. The Balaban J connectivity index is 2.18. The van der Waals surface area contributed by atoms with Crippen molar-refractivity contribution in [3.63, 3.8) is 0 Å². The van der Waals surface area contributed by atoms with Crippen LogP contribution in [0.5, 0.6) is 0 Å². The Morgan fingerprint density at radius 1 is 0.926 bits per heavy atom. The van der Waals surface area contributed by atoms with Gasteiger partial charge in [-0.1, -0.05) is 60.2 Å². The molecule has 0 aliphatic rings.